The minimum absolute atomic E-state index is 0.260. The minimum Gasteiger partial charge on any atom is -0.444 e. The molecule has 0 spiro atoms. The Morgan fingerprint density at radius 2 is 1.69 bits per heavy atom. The third kappa shape index (κ3) is 4.77. The van der Waals surface area contributed by atoms with Crippen molar-refractivity contribution in [3.8, 4) is 0 Å². The van der Waals surface area contributed by atoms with Crippen LogP contribution in [0.15, 0.2) is 18.2 Å². The second-order valence-corrected chi connectivity index (χ2v) is 10.1. The van der Waals surface area contributed by atoms with Crippen LogP contribution in [0.3, 0.4) is 0 Å². The Hall–Kier alpha value is -1.60. The van der Waals surface area contributed by atoms with Crippen molar-refractivity contribution in [1.82, 2.24) is 4.90 Å². The van der Waals surface area contributed by atoms with Crippen LogP contribution in [0, 0.1) is 5.82 Å². The second kappa shape index (κ2) is 7.58. The van der Waals surface area contributed by atoms with Gasteiger partial charge in [-0.15, -0.1) is 0 Å². The Balaban J connectivity index is 1.69. The van der Waals surface area contributed by atoms with Gasteiger partial charge in [-0.3, -0.25) is 0 Å². The maximum absolute atomic E-state index is 14.6. The van der Waals surface area contributed by atoms with Gasteiger partial charge in [-0.2, -0.15) is 0 Å². The highest BCUT2D eigenvalue weighted by Gasteiger charge is 2.52. The molecule has 0 aromatic heterocycles. The van der Waals surface area contributed by atoms with Gasteiger partial charge < -0.3 is 18.9 Å². The van der Waals surface area contributed by atoms with Crippen LogP contribution in [0.4, 0.5) is 9.18 Å². The summed E-state index contributed by atoms with van der Waals surface area (Å²) in [6.45, 7) is 14.7. The lowest BCUT2D eigenvalue weighted by atomic mass is 9.76. The van der Waals surface area contributed by atoms with Crippen LogP contribution in [-0.2, 0) is 14.0 Å². The van der Waals surface area contributed by atoms with E-state index in [0.717, 1.165) is 18.4 Å². The Morgan fingerprint density at radius 3 is 2.21 bits per heavy atom. The lowest BCUT2D eigenvalue weighted by Crippen LogP contribution is -2.41. The van der Waals surface area contributed by atoms with Crippen molar-refractivity contribution in [2.24, 2.45) is 0 Å². The van der Waals surface area contributed by atoms with Gasteiger partial charge in [0.05, 0.1) is 11.2 Å². The van der Waals surface area contributed by atoms with Crippen molar-refractivity contribution in [3.05, 3.63) is 29.6 Å². The minimum atomic E-state index is -0.721. The molecule has 0 saturated carbocycles. The van der Waals surface area contributed by atoms with Crippen LogP contribution in [0.25, 0.3) is 0 Å². The number of ether oxygens (including phenoxy) is 1. The number of halogens is 1. The molecule has 0 bridgehead atoms. The van der Waals surface area contributed by atoms with Gasteiger partial charge in [0.25, 0.3) is 0 Å². The van der Waals surface area contributed by atoms with E-state index >= 15 is 0 Å². The first kappa shape index (κ1) is 22.1. The van der Waals surface area contributed by atoms with Crippen LogP contribution in [0.1, 0.15) is 72.8 Å². The molecule has 2 heterocycles. The largest absolute Gasteiger partial charge is 0.497 e. The number of benzene rings is 1. The van der Waals surface area contributed by atoms with Crippen molar-refractivity contribution < 1.29 is 23.2 Å². The fraction of sp³-hybridized carbons (Fsp3) is 0.682. The van der Waals surface area contributed by atoms with E-state index in [2.05, 4.69) is 0 Å². The molecule has 2 saturated heterocycles. The molecule has 1 aromatic carbocycles. The highest BCUT2D eigenvalue weighted by Crippen LogP contribution is 2.37. The molecule has 5 nitrogen and oxygen atoms in total. The van der Waals surface area contributed by atoms with E-state index in [1.807, 2.05) is 60.6 Å². The summed E-state index contributed by atoms with van der Waals surface area (Å²) in [5.41, 5.74) is -0.0314. The van der Waals surface area contributed by atoms with E-state index < -0.39 is 23.9 Å². The van der Waals surface area contributed by atoms with Gasteiger partial charge in [0.1, 0.15) is 11.4 Å². The number of nitrogens with zero attached hydrogens (tertiary/aromatic N) is 1. The molecule has 1 amide bonds. The molecule has 2 aliphatic heterocycles. The monoisotopic (exact) mass is 405 g/mol. The number of hydrogen-bond acceptors (Lipinski definition) is 4. The molecule has 2 fully saturated rings. The number of amides is 1. The first-order valence-electron chi connectivity index (χ1n) is 10.4. The van der Waals surface area contributed by atoms with Gasteiger partial charge in [-0.1, -0.05) is 12.1 Å². The lowest BCUT2D eigenvalue weighted by molar-refractivity contribution is 0.00578. The number of hydrogen-bond donors (Lipinski definition) is 0. The van der Waals surface area contributed by atoms with E-state index in [0.29, 0.717) is 18.6 Å². The summed E-state index contributed by atoms with van der Waals surface area (Å²) in [5.74, 6) is -0.0612. The van der Waals surface area contributed by atoms with Gasteiger partial charge >= 0.3 is 13.2 Å². The fourth-order valence-corrected chi connectivity index (χ4v) is 3.69. The normalized spacial score (nSPS) is 22.1. The number of likely N-dealkylation sites (tertiary alicyclic amines) is 1. The van der Waals surface area contributed by atoms with Crippen molar-refractivity contribution in [1.29, 1.82) is 0 Å². The van der Waals surface area contributed by atoms with E-state index in [1.165, 1.54) is 6.07 Å². The maximum Gasteiger partial charge on any atom is 0.497 e. The first-order valence-corrected chi connectivity index (χ1v) is 10.4. The van der Waals surface area contributed by atoms with E-state index in [1.54, 1.807) is 4.90 Å². The average Bonchev–Trinajstić information content (AvgIpc) is 2.81. The zero-order chi connectivity index (χ0) is 21.6. The van der Waals surface area contributed by atoms with Crippen LogP contribution in [0.2, 0.25) is 0 Å². The lowest BCUT2D eigenvalue weighted by Gasteiger charge is -2.33. The van der Waals surface area contributed by atoms with Crippen LogP contribution in [0.5, 0.6) is 0 Å². The van der Waals surface area contributed by atoms with Crippen LogP contribution >= 0.6 is 0 Å². The van der Waals surface area contributed by atoms with Crippen LogP contribution < -0.4 is 5.46 Å². The van der Waals surface area contributed by atoms with Crippen molar-refractivity contribution in [3.63, 3.8) is 0 Å². The molecule has 2 aliphatic rings. The fourth-order valence-electron chi connectivity index (χ4n) is 3.69. The van der Waals surface area contributed by atoms with Gasteiger partial charge in [0.2, 0.25) is 0 Å². The van der Waals surface area contributed by atoms with Crippen molar-refractivity contribution in [2.45, 2.75) is 84.0 Å². The highest BCUT2D eigenvalue weighted by molar-refractivity contribution is 6.62. The molecule has 7 heteroatoms. The summed E-state index contributed by atoms with van der Waals surface area (Å²) in [6.07, 6.45) is 1.36. The summed E-state index contributed by atoms with van der Waals surface area (Å²) in [7, 11) is -0.721. The number of carbonyl (C=O) groups excluding carboxylic acids is 1. The molecule has 0 N–H and O–H groups in total. The summed E-state index contributed by atoms with van der Waals surface area (Å²) >= 11 is 0. The number of rotatable bonds is 2. The van der Waals surface area contributed by atoms with E-state index in [4.69, 9.17) is 14.0 Å². The molecule has 1 aromatic rings. The Bertz CT molecular complexity index is 751. The zero-order valence-corrected chi connectivity index (χ0v) is 18.7. The SMILES string of the molecule is CC(C)(C)OC(=O)N1CCC(c2ccc(F)c(B3OC(C)(C)C(C)(C)O3)c2)CC1. The Labute approximate surface area is 174 Å². The molecule has 0 atom stereocenters. The first-order chi connectivity index (χ1) is 13.3. The molecule has 3 rings (SSSR count). The van der Waals surface area contributed by atoms with Crippen molar-refractivity contribution in [2.75, 3.05) is 13.1 Å². The Kier molecular flexibility index (Phi) is 5.78. The van der Waals surface area contributed by atoms with Gasteiger partial charge in [0, 0.05) is 18.6 Å². The third-order valence-corrected chi connectivity index (χ3v) is 6.15. The smallest absolute Gasteiger partial charge is 0.444 e. The average molecular weight is 405 g/mol. The standard InChI is InChI=1S/C22H33BFNO4/c1-20(2,3)27-19(26)25-12-10-15(11-13-25)16-8-9-18(24)17(14-16)23-28-21(4,5)22(6,7)29-23/h8-9,14-15H,10-13H2,1-7H3. The molecule has 160 valence electrons. The molecule has 0 aliphatic carbocycles. The number of carbonyl (C=O) groups is 1. The van der Waals surface area contributed by atoms with Crippen LogP contribution in [-0.4, -0.2) is 48.0 Å². The second-order valence-electron chi connectivity index (χ2n) is 10.1. The summed E-state index contributed by atoms with van der Waals surface area (Å²) < 4.78 is 32.1. The molecule has 0 radical (unpaired) electrons. The van der Waals surface area contributed by atoms with Gasteiger partial charge in [-0.25, -0.2) is 9.18 Å². The molecular formula is C22H33BFNO4. The van der Waals surface area contributed by atoms with Gasteiger partial charge in [0.15, 0.2) is 0 Å². The summed E-state index contributed by atoms with van der Waals surface area (Å²) in [6, 6.07) is 5.19. The predicted molar refractivity (Wildman–Crippen MR) is 112 cm³/mol. The van der Waals surface area contributed by atoms with E-state index in [9.17, 15) is 9.18 Å². The zero-order valence-electron chi connectivity index (χ0n) is 18.7. The molecule has 29 heavy (non-hydrogen) atoms. The summed E-state index contributed by atoms with van der Waals surface area (Å²) in [4.78, 5) is 14.0. The third-order valence-electron chi connectivity index (χ3n) is 6.15. The van der Waals surface area contributed by atoms with Gasteiger partial charge in [-0.05, 0) is 78.9 Å². The maximum atomic E-state index is 14.6. The predicted octanol–water partition coefficient (Wildman–Crippen LogP) is 4.24. The topological polar surface area (TPSA) is 48.0 Å². The molecular weight excluding hydrogens is 372 g/mol. The highest BCUT2D eigenvalue weighted by atomic mass is 19.1. The quantitative estimate of drug-likeness (QED) is 0.691. The van der Waals surface area contributed by atoms with E-state index in [-0.39, 0.29) is 17.8 Å². The summed E-state index contributed by atoms with van der Waals surface area (Å²) in [5, 5.41) is 0. The Morgan fingerprint density at radius 1 is 1.14 bits per heavy atom. The molecule has 0 unspecified atom stereocenters. The van der Waals surface area contributed by atoms with Crippen molar-refractivity contribution >= 4 is 18.7 Å². The number of piperidine rings is 1.